The molecule has 1 fully saturated rings. The van der Waals surface area contributed by atoms with Crippen LogP contribution in [0.4, 0.5) is 4.79 Å². The van der Waals surface area contributed by atoms with Crippen LogP contribution in [-0.2, 0) is 7.05 Å². The number of carbonyl (C=O) groups is 1. The highest BCUT2D eigenvalue weighted by molar-refractivity contribution is 5.93. The van der Waals surface area contributed by atoms with E-state index in [0.29, 0.717) is 48.0 Å². The molecule has 1 aliphatic heterocycles. The lowest BCUT2D eigenvalue weighted by Crippen LogP contribution is -2.59. The van der Waals surface area contributed by atoms with Gasteiger partial charge in [0, 0.05) is 67.5 Å². The molecule has 38 heavy (non-hydrogen) atoms. The zero-order valence-electron chi connectivity index (χ0n) is 22.1. The monoisotopic (exact) mass is 515 g/mol. The minimum Gasteiger partial charge on any atom is -0.465 e. The van der Waals surface area contributed by atoms with Crippen LogP contribution >= 0.6 is 0 Å². The smallest absolute Gasteiger partial charge is 0.407 e. The van der Waals surface area contributed by atoms with Gasteiger partial charge >= 0.3 is 6.09 Å². The first-order chi connectivity index (χ1) is 18.0. The van der Waals surface area contributed by atoms with Crippen molar-refractivity contribution in [3.05, 3.63) is 70.8 Å². The number of nitrogens with zero attached hydrogens (tertiary/aromatic N) is 5. The van der Waals surface area contributed by atoms with Gasteiger partial charge in [0.25, 0.3) is 0 Å². The van der Waals surface area contributed by atoms with Crippen molar-refractivity contribution in [2.24, 2.45) is 12.5 Å². The van der Waals surface area contributed by atoms with Gasteiger partial charge in [-0.2, -0.15) is 5.10 Å². The summed E-state index contributed by atoms with van der Waals surface area (Å²) in [6.07, 6.45) is 3.63. The molecule has 2 aromatic heterocycles. The van der Waals surface area contributed by atoms with E-state index in [0.717, 1.165) is 16.5 Å². The van der Waals surface area contributed by atoms with Gasteiger partial charge in [0.15, 0.2) is 5.43 Å². The molecule has 0 bridgehead atoms. The van der Waals surface area contributed by atoms with Gasteiger partial charge in [-0.05, 0) is 34.6 Å². The number of β-amino-alcohol motifs (C(OH)–C–C–N with tert-alkyl or cyclic N) is 1. The molecule has 2 N–H and O–H groups in total. The van der Waals surface area contributed by atoms with Crippen LogP contribution < -0.4 is 5.43 Å². The Balaban J connectivity index is 1.46. The Morgan fingerprint density at radius 1 is 1.08 bits per heavy atom. The van der Waals surface area contributed by atoms with Gasteiger partial charge in [-0.15, -0.1) is 0 Å². The molecule has 0 aliphatic carbocycles. The zero-order valence-corrected chi connectivity index (χ0v) is 22.1. The van der Waals surface area contributed by atoms with Gasteiger partial charge in [0.1, 0.15) is 0 Å². The molecule has 4 aromatic rings. The number of pyridine rings is 1. The van der Waals surface area contributed by atoms with Gasteiger partial charge < -0.3 is 15.1 Å². The topological polar surface area (TPSA) is 112 Å². The van der Waals surface area contributed by atoms with Gasteiger partial charge in [-0.3, -0.25) is 19.4 Å². The number of aliphatic hydroxyl groups excluding tert-OH is 1. The van der Waals surface area contributed by atoms with Crippen LogP contribution in [0.5, 0.6) is 0 Å². The lowest BCUT2D eigenvalue weighted by Gasteiger charge is -2.46. The minimum atomic E-state index is -0.913. The molecule has 5 rings (SSSR count). The van der Waals surface area contributed by atoms with Crippen LogP contribution in [0.2, 0.25) is 0 Å². The fourth-order valence-corrected chi connectivity index (χ4v) is 5.28. The number of aryl methyl sites for hydroxylation is 1. The first kappa shape index (κ1) is 25.8. The highest BCUT2D eigenvalue weighted by Crippen LogP contribution is 2.29. The van der Waals surface area contributed by atoms with Crippen molar-refractivity contribution in [2.75, 3.05) is 26.2 Å². The maximum atomic E-state index is 13.7. The first-order valence-electron chi connectivity index (χ1n) is 12.8. The van der Waals surface area contributed by atoms with Crippen molar-refractivity contribution in [2.45, 2.75) is 32.9 Å². The molecule has 0 saturated carbocycles. The standard InChI is InChI=1S/C29H33N5O4/c1-29(2,3)26-17-33(9-10-34(26)28(37)38)16-25(35)19-6-5-18-7-8-24-23(27(36)22(18)11-19)12-20(13-30-24)21-14-31-32(4)15-21/h5-8,11-15,25-26,35H,9-10,16-17H2,1-4H3,(H,37,38). The fraction of sp³-hybridized carbons (Fsp3) is 0.379. The molecule has 1 saturated heterocycles. The Morgan fingerprint density at radius 2 is 1.84 bits per heavy atom. The van der Waals surface area contributed by atoms with Crippen LogP contribution in [0, 0.1) is 5.41 Å². The lowest BCUT2D eigenvalue weighted by molar-refractivity contribution is 0.00500. The number of aromatic nitrogens is 3. The predicted octanol–water partition coefficient (Wildman–Crippen LogP) is 3.89. The summed E-state index contributed by atoms with van der Waals surface area (Å²) >= 11 is 0. The van der Waals surface area contributed by atoms with E-state index in [1.54, 1.807) is 23.1 Å². The summed E-state index contributed by atoms with van der Waals surface area (Å²) in [6, 6.07) is 10.9. The molecule has 9 heteroatoms. The largest absolute Gasteiger partial charge is 0.465 e. The van der Waals surface area contributed by atoms with Crippen molar-refractivity contribution in [3.8, 4) is 11.1 Å². The number of benzene rings is 1. The summed E-state index contributed by atoms with van der Waals surface area (Å²) in [5.41, 5.74) is 2.57. The number of aliphatic hydroxyl groups is 1. The third-order valence-corrected chi connectivity index (χ3v) is 7.47. The van der Waals surface area contributed by atoms with E-state index < -0.39 is 12.2 Å². The summed E-state index contributed by atoms with van der Waals surface area (Å²) in [5, 5.41) is 26.8. The Kier molecular flexibility index (Phi) is 6.66. The molecular formula is C29H33N5O4. The Morgan fingerprint density at radius 3 is 2.53 bits per heavy atom. The van der Waals surface area contributed by atoms with Crippen molar-refractivity contribution in [1.29, 1.82) is 0 Å². The normalized spacial score (nSPS) is 17.7. The molecule has 3 heterocycles. The number of carboxylic acid groups (broad SMARTS) is 1. The Labute approximate surface area is 220 Å². The van der Waals surface area contributed by atoms with Gasteiger partial charge in [0.2, 0.25) is 0 Å². The molecule has 2 atom stereocenters. The van der Waals surface area contributed by atoms with Crippen molar-refractivity contribution >= 4 is 27.8 Å². The van der Waals surface area contributed by atoms with Crippen molar-refractivity contribution < 1.29 is 15.0 Å². The summed E-state index contributed by atoms with van der Waals surface area (Å²) in [5.74, 6) is 0. The van der Waals surface area contributed by atoms with E-state index in [1.165, 1.54) is 4.90 Å². The predicted molar refractivity (Wildman–Crippen MR) is 147 cm³/mol. The average Bonchev–Trinajstić information content (AvgIpc) is 3.26. The van der Waals surface area contributed by atoms with Crippen molar-refractivity contribution in [1.82, 2.24) is 24.6 Å². The molecule has 198 valence electrons. The summed E-state index contributed by atoms with van der Waals surface area (Å²) in [6.45, 7) is 7.92. The average molecular weight is 516 g/mol. The molecule has 0 radical (unpaired) electrons. The molecule has 1 aliphatic rings. The minimum absolute atomic E-state index is 0.143. The lowest BCUT2D eigenvalue weighted by atomic mass is 9.84. The van der Waals surface area contributed by atoms with Crippen LogP contribution in [-0.4, -0.2) is 73.1 Å². The highest BCUT2D eigenvalue weighted by atomic mass is 16.4. The van der Waals surface area contributed by atoms with E-state index >= 15 is 0 Å². The number of rotatable bonds is 4. The highest BCUT2D eigenvalue weighted by Gasteiger charge is 2.38. The van der Waals surface area contributed by atoms with Gasteiger partial charge in [-0.1, -0.05) is 39.0 Å². The van der Waals surface area contributed by atoms with E-state index in [1.807, 2.05) is 64.3 Å². The second-order valence-electron chi connectivity index (χ2n) is 11.2. The van der Waals surface area contributed by atoms with E-state index in [4.69, 9.17) is 0 Å². The third kappa shape index (κ3) is 4.99. The summed E-state index contributed by atoms with van der Waals surface area (Å²) < 4.78 is 1.71. The van der Waals surface area contributed by atoms with E-state index in [9.17, 15) is 19.8 Å². The second kappa shape index (κ2) is 9.81. The van der Waals surface area contributed by atoms with Crippen LogP contribution in [0.1, 0.15) is 32.4 Å². The maximum absolute atomic E-state index is 13.7. The molecular weight excluding hydrogens is 482 g/mol. The van der Waals surface area contributed by atoms with Crippen molar-refractivity contribution in [3.63, 3.8) is 0 Å². The number of hydrogen-bond donors (Lipinski definition) is 2. The number of piperazine rings is 1. The maximum Gasteiger partial charge on any atom is 0.407 e. The number of fused-ring (bicyclic) bond motifs is 2. The number of hydrogen-bond acceptors (Lipinski definition) is 6. The summed E-state index contributed by atoms with van der Waals surface area (Å²) in [4.78, 5) is 33.6. The second-order valence-corrected chi connectivity index (χ2v) is 11.2. The molecule has 2 unspecified atom stereocenters. The molecule has 9 nitrogen and oxygen atoms in total. The Hall–Kier alpha value is -3.82. The van der Waals surface area contributed by atoms with Gasteiger partial charge in [-0.25, -0.2) is 4.79 Å². The van der Waals surface area contributed by atoms with Crippen LogP contribution in [0.25, 0.3) is 32.8 Å². The number of amides is 1. The SMILES string of the molecule is Cn1cc(-c2cnc3ccc4ccc(C(O)CN5CCN(C(=O)O)C(C(C)(C)C)C5)cc4c(=O)c3c2)cn1. The zero-order chi connectivity index (χ0) is 27.2. The molecule has 1 amide bonds. The molecule has 2 aromatic carbocycles. The van der Waals surface area contributed by atoms with E-state index in [-0.39, 0.29) is 16.9 Å². The van der Waals surface area contributed by atoms with Crippen LogP contribution in [0.15, 0.2) is 59.8 Å². The quantitative estimate of drug-likeness (QED) is 0.424. The molecule has 0 spiro atoms. The summed E-state index contributed by atoms with van der Waals surface area (Å²) in [7, 11) is 1.84. The van der Waals surface area contributed by atoms with E-state index in [2.05, 4.69) is 15.0 Å². The van der Waals surface area contributed by atoms with Gasteiger partial charge in [0.05, 0.1) is 23.9 Å². The Bertz CT molecular complexity index is 1580. The third-order valence-electron chi connectivity index (χ3n) is 7.47. The van der Waals surface area contributed by atoms with Crippen LogP contribution in [0.3, 0.4) is 0 Å². The first-order valence-corrected chi connectivity index (χ1v) is 12.8. The fourth-order valence-electron chi connectivity index (χ4n) is 5.28.